The van der Waals surface area contributed by atoms with Crippen molar-refractivity contribution in [1.29, 1.82) is 0 Å². The molecule has 0 unspecified atom stereocenters. The van der Waals surface area contributed by atoms with Crippen LogP contribution in [0.4, 0.5) is 37.1 Å². The number of hydrogen-bond donors (Lipinski definition) is 0. The topological polar surface area (TPSA) is 80.7 Å². The van der Waals surface area contributed by atoms with Crippen LogP contribution in [0.1, 0.15) is 80.5 Å². The highest BCUT2D eigenvalue weighted by atomic mass is 19.4. The fraction of sp³-hybridized carbons (Fsp3) is 0.484. The predicted molar refractivity (Wildman–Crippen MR) is 153 cm³/mol. The van der Waals surface area contributed by atoms with E-state index >= 15 is 0 Å². The summed E-state index contributed by atoms with van der Waals surface area (Å²) in [6.45, 7) is 8.14. The number of cyclic esters (lactones) is 1. The number of amides is 1. The summed E-state index contributed by atoms with van der Waals surface area (Å²) in [7, 11) is 1.47. The Balaban J connectivity index is 1.57. The molecular formula is C31H33F6N5O3. The van der Waals surface area contributed by atoms with Crippen molar-refractivity contribution in [2.75, 3.05) is 18.6 Å². The van der Waals surface area contributed by atoms with E-state index in [2.05, 4.69) is 16.9 Å². The number of alkyl halides is 6. The van der Waals surface area contributed by atoms with Gasteiger partial charge in [-0.25, -0.2) is 19.7 Å². The number of hydrogen-bond acceptors (Lipinski definition) is 7. The lowest BCUT2D eigenvalue weighted by atomic mass is 9.97. The molecule has 0 aliphatic carbocycles. The van der Waals surface area contributed by atoms with Crippen LogP contribution >= 0.6 is 0 Å². The molecule has 8 nitrogen and oxygen atoms in total. The first kappa shape index (κ1) is 32.3. The van der Waals surface area contributed by atoms with Gasteiger partial charge in [0, 0.05) is 36.1 Å². The standard InChI is InChI=1S/C31H33F6N5O3/c1-16(2)20-11-23(27(44-5)38-13-20)24-14-39-28(41-8-6-7-17(41)3)40-25(24)15-42-18(4)26(45-29(42)43)19-9-21(30(32,33)34)12-22(10-19)31(35,36)37/h9-14,16-18,26H,6-8,15H2,1-5H3/t17-,18-,26-/m0/s1. The second-order valence-electron chi connectivity index (χ2n) is 11.7. The van der Waals surface area contributed by atoms with Crippen molar-refractivity contribution in [2.24, 2.45) is 0 Å². The zero-order valence-corrected chi connectivity index (χ0v) is 25.3. The number of carbonyl (C=O) groups is 1. The number of ether oxygens (including phenoxy) is 2. The Morgan fingerprint density at radius 2 is 1.64 bits per heavy atom. The molecule has 3 atom stereocenters. The number of halogens is 6. The quantitative estimate of drug-likeness (QED) is 0.245. The molecule has 2 aliphatic heterocycles. The molecule has 2 aliphatic rings. The average molecular weight is 638 g/mol. The highest BCUT2D eigenvalue weighted by Crippen LogP contribution is 2.42. The lowest BCUT2D eigenvalue weighted by Gasteiger charge is -2.25. The maximum absolute atomic E-state index is 13.6. The SMILES string of the molecule is COc1ncc(C(C)C)cc1-c1cnc(N2CCC[C@@H]2C)nc1CN1C(=O)O[C@H](c2cc(C(F)(F)F)cc(C(F)(F)F)c2)[C@@H]1C. The van der Waals surface area contributed by atoms with E-state index in [9.17, 15) is 31.1 Å². The summed E-state index contributed by atoms with van der Waals surface area (Å²) in [6.07, 6.45) is -7.17. The fourth-order valence-corrected chi connectivity index (χ4v) is 5.72. The lowest BCUT2D eigenvalue weighted by molar-refractivity contribution is -0.143. The van der Waals surface area contributed by atoms with Gasteiger partial charge in [-0.3, -0.25) is 4.90 Å². The van der Waals surface area contributed by atoms with Crippen molar-refractivity contribution in [3.05, 3.63) is 64.6 Å². The summed E-state index contributed by atoms with van der Waals surface area (Å²) < 4.78 is 92.5. The van der Waals surface area contributed by atoms with Crippen LogP contribution in [0.3, 0.4) is 0 Å². The van der Waals surface area contributed by atoms with Gasteiger partial charge in [-0.1, -0.05) is 13.8 Å². The molecule has 0 N–H and O–H groups in total. The second-order valence-corrected chi connectivity index (χ2v) is 11.7. The van der Waals surface area contributed by atoms with Gasteiger partial charge in [-0.05, 0) is 68.0 Å². The maximum atomic E-state index is 13.6. The molecule has 14 heteroatoms. The lowest BCUT2D eigenvalue weighted by Crippen LogP contribution is -2.33. The van der Waals surface area contributed by atoms with E-state index in [1.807, 2.05) is 24.8 Å². The molecule has 5 rings (SSSR count). The van der Waals surface area contributed by atoms with E-state index in [4.69, 9.17) is 14.5 Å². The Hall–Kier alpha value is -4.10. The number of benzene rings is 1. The van der Waals surface area contributed by atoms with Crippen molar-refractivity contribution in [3.8, 4) is 17.0 Å². The summed E-state index contributed by atoms with van der Waals surface area (Å²) in [5.41, 5.74) is -0.992. The Bertz CT molecular complexity index is 1550. The van der Waals surface area contributed by atoms with E-state index in [1.165, 1.54) is 18.9 Å². The summed E-state index contributed by atoms with van der Waals surface area (Å²) in [6, 6.07) is 2.35. The minimum atomic E-state index is -5.04. The van der Waals surface area contributed by atoms with Crippen LogP contribution in [0, 0.1) is 0 Å². The number of rotatable bonds is 7. The Morgan fingerprint density at radius 1 is 0.978 bits per heavy atom. The first-order valence-electron chi connectivity index (χ1n) is 14.5. The number of nitrogens with zero attached hydrogens (tertiary/aromatic N) is 5. The van der Waals surface area contributed by atoms with Gasteiger partial charge in [0.25, 0.3) is 0 Å². The van der Waals surface area contributed by atoms with Crippen LogP contribution in [0.2, 0.25) is 0 Å². The van der Waals surface area contributed by atoms with Gasteiger partial charge in [-0.15, -0.1) is 0 Å². The molecule has 2 fully saturated rings. The van der Waals surface area contributed by atoms with E-state index in [0.29, 0.717) is 40.8 Å². The van der Waals surface area contributed by atoms with Crippen molar-refractivity contribution in [1.82, 2.24) is 19.9 Å². The van der Waals surface area contributed by atoms with Gasteiger partial charge in [0.05, 0.1) is 36.5 Å². The largest absolute Gasteiger partial charge is 0.481 e. The monoisotopic (exact) mass is 637 g/mol. The molecule has 1 aromatic carbocycles. The molecule has 0 saturated carbocycles. The van der Waals surface area contributed by atoms with E-state index < -0.39 is 47.3 Å². The van der Waals surface area contributed by atoms with E-state index in [1.54, 1.807) is 12.4 Å². The van der Waals surface area contributed by atoms with Crippen molar-refractivity contribution < 1.29 is 40.6 Å². The molecule has 2 saturated heterocycles. The molecule has 0 radical (unpaired) electrons. The fourth-order valence-electron chi connectivity index (χ4n) is 5.72. The molecule has 3 aromatic rings. The molecule has 0 bridgehead atoms. The van der Waals surface area contributed by atoms with Crippen molar-refractivity contribution in [2.45, 2.75) is 83.5 Å². The third-order valence-electron chi connectivity index (χ3n) is 8.34. The normalized spacial score (nSPS) is 20.7. The zero-order chi connectivity index (χ0) is 32.8. The first-order valence-corrected chi connectivity index (χ1v) is 14.5. The summed E-state index contributed by atoms with van der Waals surface area (Å²) in [5.74, 6) is 0.861. The molecule has 2 aromatic heterocycles. The Morgan fingerprint density at radius 3 is 2.20 bits per heavy atom. The average Bonchev–Trinajstić information content (AvgIpc) is 3.53. The summed E-state index contributed by atoms with van der Waals surface area (Å²) in [4.78, 5) is 30.4. The second kappa shape index (κ2) is 12.0. The predicted octanol–water partition coefficient (Wildman–Crippen LogP) is 7.78. The smallest absolute Gasteiger partial charge is 0.416 e. The summed E-state index contributed by atoms with van der Waals surface area (Å²) >= 11 is 0. The van der Waals surface area contributed by atoms with Gasteiger partial charge in [-0.2, -0.15) is 26.3 Å². The first-order chi connectivity index (χ1) is 21.1. The van der Waals surface area contributed by atoms with E-state index in [-0.39, 0.29) is 24.6 Å². The molecule has 4 heterocycles. The van der Waals surface area contributed by atoms with Crippen molar-refractivity contribution in [3.63, 3.8) is 0 Å². The van der Waals surface area contributed by atoms with Crippen LogP contribution in [0.25, 0.3) is 11.1 Å². The van der Waals surface area contributed by atoms with Crippen LogP contribution in [-0.4, -0.2) is 51.7 Å². The van der Waals surface area contributed by atoms with Gasteiger partial charge in [0.15, 0.2) is 0 Å². The number of pyridine rings is 1. The Kier molecular flexibility index (Phi) is 8.62. The number of carbonyl (C=O) groups excluding carboxylic acids is 1. The van der Waals surface area contributed by atoms with Crippen LogP contribution in [0.15, 0.2) is 36.7 Å². The number of methoxy groups -OCH3 is 1. The van der Waals surface area contributed by atoms with E-state index in [0.717, 1.165) is 24.9 Å². The van der Waals surface area contributed by atoms with Gasteiger partial charge < -0.3 is 14.4 Å². The molecule has 0 spiro atoms. The van der Waals surface area contributed by atoms with Gasteiger partial charge >= 0.3 is 18.4 Å². The minimum Gasteiger partial charge on any atom is -0.481 e. The number of anilines is 1. The van der Waals surface area contributed by atoms with Crippen LogP contribution < -0.4 is 9.64 Å². The van der Waals surface area contributed by atoms with Crippen LogP contribution in [0.5, 0.6) is 5.88 Å². The summed E-state index contributed by atoms with van der Waals surface area (Å²) in [5, 5.41) is 0. The Labute approximate surface area is 256 Å². The molecular weight excluding hydrogens is 604 g/mol. The molecule has 242 valence electrons. The molecule has 1 amide bonds. The number of aromatic nitrogens is 3. The van der Waals surface area contributed by atoms with Crippen molar-refractivity contribution >= 4 is 12.0 Å². The van der Waals surface area contributed by atoms with Gasteiger partial charge in [0.1, 0.15) is 6.10 Å². The third kappa shape index (κ3) is 6.50. The highest BCUT2D eigenvalue weighted by Gasteiger charge is 2.44. The van der Waals surface area contributed by atoms with Crippen LogP contribution in [-0.2, 0) is 23.6 Å². The molecule has 45 heavy (non-hydrogen) atoms. The minimum absolute atomic E-state index is 0.0451. The zero-order valence-electron chi connectivity index (χ0n) is 25.3. The maximum Gasteiger partial charge on any atom is 0.416 e. The highest BCUT2D eigenvalue weighted by molar-refractivity contribution is 5.74. The third-order valence-corrected chi connectivity index (χ3v) is 8.34. The van der Waals surface area contributed by atoms with Gasteiger partial charge in [0.2, 0.25) is 11.8 Å².